The summed E-state index contributed by atoms with van der Waals surface area (Å²) in [4.78, 5) is 3.14. The fourth-order valence-electron chi connectivity index (χ4n) is 1.14. The van der Waals surface area contributed by atoms with Gasteiger partial charge in [-0.15, -0.1) is 0 Å². The average Bonchev–Trinajstić information content (AvgIpc) is 2.31. The highest BCUT2D eigenvalue weighted by atomic mass is 79.9. The predicted octanol–water partition coefficient (Wildman–Crippen LogP) is 2.51. The number of nitrogens with two attached hydrogens (primary N) is 1. The highest BCUT2D eigenvalue weighted by Crippen LogP contribution is 2.23. The number of aromatic amines is 1. The van der Waals surface area contributed by atoms with E-state index >= 15 is 0 Å². The second kappa shape index (κ2) is 2.27. The lowest BCUT2D eigenvalue weighted by atomic mass is 10.2. The fraction of sp³-hybridized carbons (Fsp3) is 0. The summed E-state index contributed by atoms with van der Waals surface area (Å²) in [6.45, 7) is 0. The Morgan fingerprint density at radius 2 is 2.18 bits per heavy atom. The standard InChI is InChI=1S/C8H7BrN2/c9-8-4-5-6(10)2-1-3-7(5)11-8/h1-4,11H,10H2. The number of hydrogen-bond donors (Lipinski definition) is 2. The van der Waals surface area contributed by atoms with Gasteiger partial charge in [0.2, 0.25) is 0 Å². The molecule has 0 aliphatic heterocycles. The van der Waals surface area contributed by atoms with Crippen LogP contribution in [0.4, 0.5) is 5.69 Å². The highest BCUT2D eigenvalue weighted by molar-refractivity contribution is 9.10. The van der Waals surface area contributed by atoms with Crippen LogP contribution < -0.4 is 5.73 Å². The Labute approximate surface area is 72.5 Å². The molecule has 1 heterocycles. The summed E-state index contributed by atoms with van der Waals surface area (Å²) >= 11 is 3.35. The zero-order valence-corrected chi connectivity index (χ0v) is 7.35. The zero-order valence-electron chi connectivity index (χ0n) is 5.76. The van der Waals surface area contributed by atoms with E-state index in [0.717, 1.165) is 21.2 Å². The normalized spacial score (nSPS) is 10.6. The van der Waals surface area contributed by atoms with Crippen LogP contribution in [0.2, 0.25) is 0 Å². The first-order valence-corrected chi connectivity index (χ1v) is 4.09. The molecule has 2 aromatic rings. The molecule has 0 amide bonds. The Kier molecular flexibility index (Phi) is 1.39. The minimum absolute atomic E-state index is 0.810. The molecule has 56 valence electrons. The maximum atomic E-state index is 5.73. The molecule has 0 unspecified atom stereocenters. The summed E-state index contributed by atoms with van der Waals surface area (Å²) < 4.78 is 0.963. The van der Waals surface area contributed by atoms with E-state index in [0.29, 0.717) is 0 Å². The van der Waals surface area contributed by atoms with E-state index in [4.69, 9.17) is 5.73 Å². The van der Waals surface area contributed by atoms with Gasteiger partial charge in [-0.3, -0.25) is 0 Å². The van der Waals surface area contributed by atoms with Gasteiger partial charge in [0, 0.05) is 16.6 Å². The topological polar surface area (TPSA) is 41.8 Å². The first-order chi connectivity index (χ1) is 5.27. The van der Waals surface area contributed by atoms with E-state index in [9.17, 15) is 0 Å². The second-order valence-electron chi connectivity index (χ2n) is 2.43. The molecule has 0 radical (unpaired) electrons. The van der Waals surface area contributed by atoms with Crippen molar-refractivity contribution in [1.82, 2.24) is 4.98 Å². The number of nitrogens with one attached hydrogen (secondary N) is 1. The molecule has 2 rings (SSSR count). The zero-order chi connectivity index (χ0) is 7.84. The molecule has 0 fully saturated rings. The molecule has 0 aliphatic rings. The molecule has 0 bridgehead atoms. The van der Waals surface area contributed by atoms with E-state index in [1.807, 2.05) is 24.3 Å². The smallest absolute Gasteiger partial charge is 0.0831 e. The first kappa shape index (κ1) is 6.73. The molecular weight excluding hydrogens is 204 g/mol. The Morgan fingerprint density at radius 3 is 2.91 bits per heavy atom. The van der Waals surface area contributed by atoms with Crippen LogP contribution in [0.5, 0.6) is 0 Å². The average molecular weight is 211 g/mol. The lowest BCUT2D eigenvalue weighted by Gasteiger charge is -1.92. The van der Waals surface area contributed by atoms with Crippen molar-refractivity contribution < 1.29 is 0 Å². The summed E-state index contributed by atoms with van der Waals surface area (Å²) in [6, 6.07) is 7.80. The number of benzene rings is 1. The fourth-order valence-corrected chi connectivity index (χ4v) is 1.59. The van der Waals surface area contributed by atoms with Crippen molar-refractivity contribution in [3.8, 4) is 0 Å². The summed E-state index contributed by atoms with van der Waals surface area (Å²) in [5.41, 5.74) is 7.60. The minimum Gasteiger partial charge on any atom is -0.398 e. The Hall–Kier alpha value is -0.960. The van der Waals surface area contributed by atoms with Gasteiger partial charge in [0.05, 0.1) is 4.60 Å². The molecule has 0 saturated carbocycles. The van der Waals surface area contributed by atoms with Crippen molar-refractivity contribution in [2.75, 3.05) is 5.73 Å². The maximum Gasteiger partial charge on any atom is 0.0831 e. The van der Waals surface area contributed by atoms with Gasteiger partial charge in [0.15, 0.2) is 0 Å². The molecule has 3 N–H and O–H groups in total. The SMILES string of the molecule is Nc1cccc2[nH]c(Br)cc12. The van der Waals surface area contributed by atoms with Crippen LogP contribution in [0, 0.1) is 0 Å². The number of aromatic nitrogens is 1. The molecule has 1 aromatic heterocycles. The molecular formula is C8H7BrN2. The Morgan fingerprint density at radius 1 is 1.36 bits per heavy atom. The van der Waals surface area contributed by atoms with Crippen LogP contribution in [-0.4, -0.2) is 4.98 Å². The molecule has 0 atom stereocenters. The van der Waals surface area contributed by atoms with Crippen LogP contribution in [0.3, 0.4) is 0 Å². The van der Waals surface area contributed by atoms with Crippen LogP contribution in [-0.2, 0) is 0 Å². The number of H-pyrrole nitrogens is 1. The quantitative estimate of drug-likeness (QED) is 0.646. The van der Waals surface area contributed by atoms with Gasteiger partial charge in [-0.1, -0.05) is 6.07 Å². The lowest BCUT2D eigenvalue weighted by molar-refractivity contribution is 1.41. The van der Waals surface area contributed by atoms with Crippen LogP contribution >= 0.6 is 15.9 Å². The van der Waals surface area contributed by atoms with Crippen LogP contribution in [0.15, 0.2) is 28.9 Å². The summed E-state index contributed by atoms with van der Waals surface area (Å²) in [7, 11) is 0. The number of anilines is 1. The number of halogens is 1. The van der Waals surface area contributed by atoms with Gasteiger partial charge >= 0.3 is 0 Å². The number of nitrogen functional groups attached to an aromatic ring is 1. The third-order valence-corrected chi connectivity index (χ3v) is 2.09. The summed E-state index contributed by atoms with van der Waals surface area (Å²) in [5, 5.41) is 1.07. The highest BCUT2D eigenvalue weighted by Gasteiger charge is 1.99. The number of fused-ring (bicyclic) bond motifs is 1. The molecule has 1 aromatic carbocycles. The third-order valence-electron chi connectivity index (χ3n) is 1.66. The monoisotopic (exact) mass is 210 g/mol. The van der Waals surface area contributed by atoms with Crippen molar-refractivity contribution in [3.63, 3.8) is 0 Å². The van der Waals surface area contributed by atoms with Crippen molar-refractivity contribution in [1.29, 1.82) is 0 Å². The molecule has 2 nitrogen and oxygen atoms in total. The minimum atomic E-state index is 0.810. The maximum absolute atomic E-state index is 5.73. The van der Waals surface area contributed by atoms with E-state index in [1.165, 1.54) is 0 Å². The van der Waals surface area contributed by atoms with Gasteiger partial charge < -0.3 is 10.7 Å². The molecule has 0 saturated heterocycles. The van der Waals surface area contributed by atoms with Gasteiger partial charge in [-0.2, -0.15) is 0 Å². The van der Waals surface area contributed by atoms with E-state index in [1.54, 1.807) is 0 Å². The van der Waals surface area contributed by atoms with Crippen molar-refractivity contribution in [2.24, 2.45) is 0 Å². The van der Waals surface area contributed by atoms with E-state index in [2.05, 4.69) is 20.9 Å². The van der Waals surface area contributed by atoms with Gasteiger partial charge in [-0.05, 0) is 34.1 Å². The summed E-state index contributed by atoms with van der Waals surface area (Å²) in [6.07, 6.45) is 0. The van der Waals surface area contributed by atoms with Crippen molar-refractivity contribution >= 4 is 32.5 Å². The van der Waals surface area contributed by atoms with Crippen molar-refractivity contribution in [3.05, 3.63) is 28.9 Å². The number of hydrogen-bond acceptors (Lipinski definition) is 1. The number of rotatable bonds is 0. The lowest BCUT2D eigenvalue weighted by Crippen LogP contribution is -1.82. The molecule has 11 heavy (non-hydrogen) atoms. The largest absolute Gasteiger partial charge is 0.398 e. The van der Waals surface area contributed by atoms with Gasteiger partial charge in [0.1, 0.15) is 0 Å². The van der Waals surface area contributed by atoms with Crippen LogP contribution in [0.1, 0.15) is 0 Å². The van der Waals surface area contributed by atoms with Crippen molar-refractivity contribution in [2.45, 2.75) is 0 Å². The second-order valence-corrected chi connectivity index (χ2v) is 3.28. The Bertz CT molecular complexity index is 392. The summed E-state index contributed by atoms with van der Waals surface area (Å²) in [5.74, 6) is 0. The predicted molar refractivity (Wildman–Crippen MR) is 50.4 cm³/mol. The van der Waals surface area contributed by atoms with Crippen LogP contribution in [0.25, 0.3) is 10.9 Å². The van der Waals surface area contributed by atoms with E-state index < -0.39 is 0 Å². The van der Waals surface area contributed by atoms with Gasteiger partial charge in [-0.25, -0.2) is 0 Å². The van der Waals surface area contributed by atoms with Gasteiger partial charge in [0.25, 0.3) is 0 Å². The molecule has 0 spiro atoms. The third kappa shape index (κ3) is 1.01. The molecule has 3 heteroatoms. The Balaban J connectivity index is 2.90. The van der Waals surface area contributed by atoms with E-state index in [-0.39, 0.29) is 0 Å². The first-order valence-electron chi connectivity index (χ1n) is 3.30. The molecule has 0 aliphatic carbocycles.